The van der Waals surface area contributed by atoms with Gasteiger partial charge in [0.2, 0.25) is 10.0 Å². The smallest absolute Gasteiger partial charge is 0.268 e. The summed E-state index contributed by atoms with van der Waals surface area (Å²) in [6.07, 6.45) is 1.39. The minimum Gasteiger partial charge on any atom is -0.347 e. The molecule has 0 aliphatic heterocycles. The van der Waals surface area contributed by atoms with Crippen molar-refractivity contribution in [3.63, 3.8) is 0 Å². The molecule has 1 heterocycles. The van der Waals surface area contributed by atoms with Crippen LogP contribution in [-0.2, 0) is 23.6 Å². The molecule has 0 saturated carbocycles. The Bertz CT molecular complexity index is 799. The van der Waals surface area contributed by atoms with Crippen LogP contribution in [0.3, 0.4) is 0 Å². The Hall–Kier alpha value is -1.83. The van der Waals surface area contributed by atoms with Crippen LogP contribution in [-0.4, -0.2) is 25.9 Å². The molecule has 2 rings (SSSR count). The molecule has 0 spiro atoms. The van der Waals surface area contributed by atoms with Gasteiger partial charge in [0.1, 0.15) is 10.6 Å². The van der Waals surface area contributed by atoms with Crippen LogP contribution in [0.25, 0.3) is 0 Å². The van der Waals surface area contributed by atoms with E-state index in [1.54, 1.807) is 19.2 Å². The third-order valence-electron chi connectivity index (χ3n) is 3.19. The Labute approximate surface area is 134 Å². The molecule has 0 radical (unpaired) electrons. The Morgan fingerprint density at radius 1 is 1.32 bits per heavy atom. The van der Waals surface area contributed by atoms with Crippen LogP contribution in [0.1, 0.15) is 16.1 Å². The van der Waals surface area contributed by atoms with Gasteiger partial charge in [-0.15, -0.1) is 0 Å². The van der Waals surface area contributed by atoms with Gasteiger partial charge in [-0.2, -0.15) is 0 Å². The maximum atomic E-state index is 12.2. The summed E-state index contributed by atoms with van der Waals surface area (Å²) in [6, 6.07) is 8.51. The van der Waals surface area contributed by atoms with Crippen LogP contribution in [0.5, 0.6) is 0 Å². The Kier molecular flexibility index (Phi) is 4.90. The van der Waals surface area contributed by atoms with Gasteiger partial charge in [0.15, 0.2) is 0 Å². The fraction of sp³-hybridized carbons (Fsp3) is 0.214. The Morgan fingerprint density at radius 2 is 2.00 bits per heavy atom. The lowest BCUT2D eigenvalue weighted by atomic mass is 10.2. The van der Waals surface area contributed by atoms with Gasteiger partial charge >= 0.3 is 0 Å². The molecule has 2 N–H and O–H groups in total. The number of nitrogens with one attached hydrogen (secondary N) is 2. The third kappa shape index (κ3) is 3.49. The molecule has 8 heteroatoms. The van der Waals surface area contributed by atoms with E-state index in [1.165, 1.54) is 23.9 Å². The second-order valence-corrected chi connectivity index (χ2v) is 6.95. The molecule has 1 amide bonds. The highest BCUT2D eigenvalue weighted by Crippen LogP contribution is 2.16. The fourth-order valence-corrected chi connectivity index (χ4v) is 2.93. The van der Waals surface area contributed by atoms with E-state index >= 15 is 0 Å². The zero-order valence-corrected chi connectivity index (χ0v) is 13.7. The van der Waals surface area contributed by atoms with Gasteiger partial charge in [-0.3, -0.25) is 4.79 Å². The van der Waals surface area contributed by atoms with Crippen LogP contribution in [0.15, 0.2) is 41.4 Å². The molecule has 0 saturated heterocycles. The first-order valence-corrected chi connectivity index (χ1v) is 8.33. The standard InChI is InChI=1S/C14H16ClN3O3S/c1-16-22(20,21)11-7-13(18(2)9-11)14(19)17-8-10-5-3-4-6-12(10)15/h3-7,9,16H,8H2,1-2H3,(H,17,19). The van der Waals surface area contributed by atoms with Crippen molar-refractivity contribution in [2.45, 2.75) is 11.4 Å². The number of hydrogen-bond acceptors (Lipinski definition) is 3. The topological polar surface area (TPSA) is 80.2 Å². The highest BCUT2D eigenvalue weighted by Gasteiger charge is 2.19. The predicted molar refractivity (Wildman–Crippen MR) is 84.3 cm³/mol. The summed E-state index contributed by atoms with van der Waals surface area (Å²) in [5.74, 6) is -0.375. The van der Waals surface area contributed by atoms with Crippen LogP contribution in [0, 0.1) is 0 Å². The lowest BCUT2D eigenvalue weighted by Crippen LogP contribution is -2.24. The Balaban J connectivity index is 2.16. The average Bonchev–Trinajstić information content (AvgIpc) is 2.89. The van der Waals surface area contributed by atoms with Gasteiger partial charge in [0.25, 0.3) is 5.91 Å². The molecule has 0 fully saturated rings. The van der Waals surface area contributed by atoms with Crippen molar-refractivity contribution >= 4 is 27.5 Å². The van der Waals surface area contributed by atoms with Crippen molar-refractivity contribution < 1.29 is 13.2 Å². The molecule has 6 nitrogen and oxygen atoms in total. The predicted octanol–water partition coefficient (Wildman–Crippen LogP) is 1.52. The van der Waals surface area contributed by atoms with E-state index in [0.717, 1.165) is 5.56 Å². The number of carbonyl (C=O) groups excluding carboxylic acids is 1. The number of benzene rings is 1. The highest BCUT2D eigenvalue weighted by atomic mass is 35.5. The molecular formula is C14H16ClN3O3S. The third-order valence-corrected chi connectivity index (χ3v) is 4.94. The maximum Gasteiger partial charge on any atom is 0.268 e. The number of aryl methyl sites for hydroxylation is 1. The van der Waals surface area contributed by atoms with Crippen molar-refractivity contribution in [2.75, 3.05) is 7.05 Å². The first-order chi connectivity index (χ1) is 10.3. The molecule has 118 valence electrons. The second-order valence-electron chi connectivity index (χ2n) is 4.65. The van der Waals surface area contributed by atoms with Gasteiger partial charge in [-0.1, -0.05) is 29.8 Å². The fourth-order valence-electron chi connectivity index (χ4n) is 1.93. The van der Waals surface area contributed by atoms with E-state index in [4.69, 9.17) is 11.6 Å². The van der Waals surface area contributed by atoms with Gasteiger partial charge in [-0.05, 0) is 24.7 Å². The number of nitrogens with zero attached hydrogens (tertiary/aromatic N) is 1. The second kappa shape index (κ2) is 6.51. The van der Waals surface area contributed by atoms with Gasteiger partial charge in [-0.25, -0.2) is 13.1 Å². The SMILES string of the molecule is CNS(=O)(=O)c1cc(C(=O)NCc2ccccc2Cl)n(C)c1. The van der Waals surface area contributed by atoms with Crippen LogP contribution in [0.2, 0.25) is 5.02 Å². The van der Waals surface area contributed by atoms with E-state index in [1.807, 2.05) is 12.1 Å². The number of halogens is 1. The summed E-state index contributed by atoms with van der Waals surface area (Å²) in [7, 11) is -0.650. The molecule has 0 unspecified atom stereocenters. The monoisotopic (exact) mass is 341 g/mol. The minimum atomic E-state index is -3.58. The van der Waals surface area contributed by atoms with E-state index < -0.39 is 10.0 Å². The quantitative estimate of drug-likeness (QED) is 0.865. The van der Waals surface area contributed by atoms with E-state index in [9.17, 15) is 13.2 Å². The number of amides is 1. The van der Waals surface area contributed by atoms with Crippen molar-refractivity contribution in [2.24, 2.45) is 7.05 Å². The summed E-state index contributed by atoms with van der Waals surface area (Å²) < 4.78 is 27.2. The van der Waals surface area contributed by atoms with E-state index in [-0.39, 0.29) is 23.0 Å². The molecule has 22 heavy (non-hydrogen) atoms. The molecule has 1 aromatic carbocycles. The van der Waals surface area contributed by atoms with Crippen molar-refractivity contribution in [1.29, 1.82) is 0 Å². The molecule has 0 bridgehead atoms. The number of aromatic nitrogens is 1. The summed E-state index contributed by atoms with van der Waals surface area (Å²) in [5.41, 5.74) is 1.04. The zero-order chi connectivity index (χ0) is 16.3. The zero-order valence-electron chi connectivity index (χ0n) is 12.1. The van der Waals surface area contributed by atoms with Gasteiger partial charge in [0.05, 0.1) is 0 Å². The molecular weight excluding hydrogens is 326 g/mol. The number of rotatable bonds is 5. The van der Waals surface area contributed by atoms with E-state index in [2.05, 4.69) is 10.0 Å². The molecule has 2 aromatic rings. The minimum absolute atomic E-state index is 0.0420. The van der Waals surface area contributed by atoms with Crippen molar-refractivity contribution in [3.05, 3.63) is 52.8 Å². The summed E-state index contributed by atoms with van der Waals surface area (Å²) >= 11 is 6.02. The lowest BCUT2D eigenvalue weighted by molar-refractivity contribution is 0.0943. The van der Waals surface area contributed by atoms with Gasteiger partial charge < -0.3 is 9.88 Å². The molecule has 0 atom stereocenters. The van der Waals surface area contributed by atoms with Crippen LogP contribution in [0.4, 0.5) is 0 Å². The highest BCUT2D eigenvalue weighted by molar-refractivity contribution is 7.89. The van der Waals surface area contributed by atoms with Crippen molar-refractivity contribution in [1.82, 2.24) is 14.6 Å². The largest absolute Gasteiger partial charge is 0.347 e. The number of sulfonamides is 1. The lowest BCUT2D eigenvalue weighted by Gasteiger charge is -2.07. The molecule has 1 aromatic heterocycles. The number of carbonyl (C=O) groups is 1. The molecule has 0 aliphatic carbocycles. The average molecular weight is 342 g/mol. The Morgan fingerprint density at radius 3 is 2.64 bits per heavy atom. The molecule has 0 aliphatic rings. The summed E-state index contributed by atoms with van der Waals surface area (Å²) in [4.78, 5) is 12.2. The van der Waals surface area contributed by atoms with Crippen LogP contribution < -0.4 is 10.0 Å². The first kappa shape index (κ1) is 16.5. The maximum absolute atomic E-state index is 12.2. The summed E-state index contributed by atoms with van der Waals surface area (Å²) in [6.45, 7) is 0.262. The number of hydrogen-bond donors (Lipinski definition) is 2. The first-order valence-electron chi connectivity index (χ1n) is 6.46. The van der Waals surface area contributed by atoms with Crippen LogP contribution >= 0.6 is 11.6 Å². The summed E-state index contributed by atoms with van der Waals surface area (Å²) in [5, 5.41) is 3.28. The normalized spacial score (nSPS) is 11.4. The van der Waals surface area contributed by atoms with Crippen molar-refractivity contribution in [3.8, 4) is 0 Å². The van der Waals surface area contributed by atoms with Gasteiger partial charge in [0, 0.05) is 24.8 Å². The van der Waals surface area contributed by atoms with E-state index in [0.29, 0.717) is 5.02 Å².